The Labute approximate surface area is 143 Å². The summed E-state index contributed by atoms with van der Waals surface area (Å²) in [7, 11) is 1.57. The van der Waals surface area contributed by atoms with Crippen molar-refractivity contribution >= 4 is 12.1 Å². The minimum absolute atomic E-state index is 0.156. The van der Waals surface area contributed by atoms with Crippen molar-refractivity contribution in [3.8, 4) is 0 Å². The lowest BCUT2D eigenvalue weighted by molar-refractivity contribution is -0.165. The third kappa shape index (κ3) is 7.49. The van der Waals surface area contributed by atoms with Crippen LogP contribution in [0.3, 0.4) is 0 Å². The number of hydrogen-bond donors (Lipinski definition) is 1. The maximum absolute atomic E-state index is 12.5. The average molecular weight is 346 g/mol. The van der Waals surface area contributed by atoms with Crippen molar-refractivity contribution < 1.29 is 33.6 Å². The van der Waals surface area contributed by atoms with E-state index >= 15 is 0 Å². The Bertz CT molecular complexity index is 408. The van der Waals surface area contributed by atoms with Gasteiger partial charge in [-0.25, -0.2) is 4.79 Å². The first-order valence-electron chi connectivity index (χ1n) is 8.39. The Kier molecular flexibility index (Phi) is 7.96. The molecule has 24 heavy (non-hydrogen) atoms. The van der Waals surface area contributed by atoms with Crippen LogP contribution in [0.2, 0.25) is 0 Å². The van der Waals surface area contributed by atoms with E-state index in [2.05, 4.69) is 0 Å². The van der Waals surface area contributed by atoms with Gasteiger partial charge in [-0.2, -0.15) is 0 Å². The van der Waals surface area contributed by atoms with Gasteiger partial charge in [-0.3, -0.25) is 4.79 Å². The van der Waals surface area contributed by atoms with Crippen LogP contribution in [0.4, 0.5) is 4.79 Å². The molecule has 1 N–H and O–H groups in total. The summed E-state index contributed by atoms with van der Waals surface area (Å²) in [5.41, 5.74) is -1.43. The Balaban J connectivity index is 2.77. The summed E-state index contributed by atoms with van der Waals surface area (Å²) in [5, 5.41) is 9.04. The molecule has 0 heterocycles. The number of carbonyl (C=O) groups excluding carboxylic acids is 1. The minimum atomic E-state index is -1.31. The van der Waals surface area contributed by atoms with Gasteiger partial charge in [0.25, 0.3) is 0 Å². The van der Waals surface area contributed by atoms with E-state index in [1.54, 1.807) is 27.9 Å². The van der Waals surface area contributed by atoms with Gasteiger partial charge >= 0.3 is 12.1 Å². The second-order valence-electron chi connectivity index (χ2n) is 7.26. The van der Waals surface area contributed by atoms with E-state index in [-0.39, 0.29) is 19.0 Å². The topological polar surface area (TPSA) is 91.3 Å². The third-order valence-corrected chi connectivity index (χ3v) is 3.93. The fourth-order valence-corrected chi connectivity index (χ4v) is 2.96. The van der Waals surface area contributed by atoms with E-state index in [1.165, 1.54) is 0 Å². The number of carboxylic acid groups (broad SMARTS) is 1. The molecule has 0 unspecified atom stereocenters. The first-order chi connectivity index (χ1) is 11.2. The summed E-state index contributed by atoms with van der Waals surface area (Å²) in [6, 6.07) is 0. The smallest absolute Gasteiger partial charge is 0.460 e. The van der Waals surface area contributed by atoms with Crippen LogP contribution in [0.25, 0.3) is 0 Å². The second kappa shape index (κ2) is 9.22. The highest BCUT2D eigenvalue weighted by Gasteiger charge is 2.42. The van der Waals surface area contributed by atoms with Crippen LogP contribution in [0.5, 0.6) is 0 Å². The highest BCUT2D eigenvalue weighted by molar-refractivity contribution is 5.73. The summed E-state index contributed by atoms with van der Waals surface area (Å²) in [6.07, 6.45) is 1.99. The zero-order chi connectivity index (χ0) is 18.2. The molecule has 7 nitrogen and oxygen atoms in total. The molecule has 0 radical (unpaired) electrons. The van der Waals surface area contributed by atoms with Crippen molar-refractivity contribution in [2.24, 2.45) is 5.92 Å². The van der Waals surface area contributed by atoms with Crippen molar-refractivity contribution in [3.63, 3.8) is 0 Å². The van der Waals surface area contributed by atoms with E-state index in [1.807, 2.05) is 0 Å². The summed E-state index contributed by atoms with van der Waals surface area (Å²) in [6.45, 7) is 6.34. The van der Waals surface area contributed by atoms with E-state index in [4.69, 9.17) is 24.1 Å². The lowest BCUT2D eigenvalue weighted by Crippen LogP contribution is -2.39. The highest BCUT2D eigenvalue weighted by Crippen LogP contribution is 2.39. The van der Waals surface area contributed by atoms with Crippen LogP contribution < -0.4 is 0 Å². The highest BCUT2D eigenvalue weighted by atomic mass is 16.7. The summed E-state index contributed by atoms with van der Waals surface area (Å²) in [4.78, 5) is 23.6. The maximum Gasteiger partial charge on any atom is 0.506 e. The number of hydrogen-bond acceptors (Lipinski definition) is 6. The zero-order valence-electron chi connectivity index (χ0n) is 15.1. The van der Waals surface area contributed by atoms with E-state index < -0.39 is 23.3 Å². The third-order valence-electron chi connectivity index (χ3n) is 3.93. The molecule has 0 spiro atoms. The number of carbonyl (C=O) groups is 2. The molecule has 1 rings (SSSR count). The van der Waals surface area contributed by atoms with Gasteiger partial charge in [0, 0.05) is 13.5 Å². The van der Waals surface area contributed by atoms with Gasteiger partial charge in [0.05, 0.1) is 25.7 Å². The van der Waals surface area contributed by atoms with Crippen molar-refractivity contribution in [1.29, 1.82) is 0 Å². The SMILES string of the molecule is COCCOC[C@H](CC1(OC(=O)O)CCCC1)C(=O)OC(C)(C)C. The van der Waals surface area contributed by atoms with Gasteiger partial charge in [-0.05, 0) is 46.5 Å². The molecular formula is C17H30O7. The predicted octanol–water partition coefficient (Wildman–Crippen LogP) is 3.00. The number of esters is 1. The summed E-state index contributed by atoms with van der Waals surface area (Å²) >= 11 is 0. The van der Waals surface area contributed by atoms with Crippen molar-refractivity contribution in [1.82, 2.24) is 0 Å². The average Bonchev–Trinajstić information content (AvgIpc) is 2.88. The molecule has 0 aromatic rings. The van der Waals surface area contributed by atoms with Crippen LogP contribution in [-0.4, -0.2) is 55.4 Å². The van der Waals surface area contributed by atoms with E-state index in [9.17, 15) is 9.59 Å². The van der Waals surface area contributed by atoms with Gasteiger partial charge in [-0.15, -0.1) is 0 Å². The molecule has 1 aliphatic carbocycles. The largest absolute Gasteiger partial charge is 0.506 e. The molecule has 0 bridgehead atoms. The van der Waals surface area contributed by atoms with Gasteiger partial charge in [0.15, 0.2) is 0 Å². The van der Waals surface area contributed by atoms with E-state index in [0.29, 0.717) is 26.1 Å². The maximum atomic E-state index is 12.5. The molecule has 0 aromatic carbocycles. The van der Waals surface area contributed by atoms with Crippen LogP contribution in [0.15, 0.2) is 0 Å². The number of ether oxygens (including phenoxy) is 4. The Morgan fingerprint density at radius 1 is 1.17 bits per heavy atom. The molecule has 0 aromatic heterocycles. The molecule has 1 aliphatic rings. The lowest BCUT2D eigenvalue weighted by Gasteiger charge is -2.32. The predicted molar refractivity (Wildman–Crippen MR) is 87.0 cm³/mol. The summed E-state index contributed by atoms with van der Waals surface area (Å²) < 4.78 is 21.1. The van der Waals surface area contributed by atoms with Crippen molar-refractivity contribution in [3.05, 3.63) is 0 Å². The molecule has 0 aliphatic heterocycles. The van der Waals surface area contributed by atoms with Crippen LogP contribution >= 0.6 is 0 Å². The molecule has 140 valence electrons. The fourth-order valence-electron chi connectivity index (χ4n) is 2.96. The lowest BCUT2D eigenvalue weighted by atomic mass is 9.89. The molecule has 0 saturated heterocycles. The Morgan fingerprint density at radius 2 is 1.79 bits per heavy atom. The van der Waals surface area contributed by atoms with E-state index in [0.717, 1.165) is 12.8 Å². The molecule has 0 amide bonds. The minimum Gasteiger partial charge on any atom is -0.460 e. The summed E-state index contributed by atoms with van der Waals surface area (Å²) in [5.74, 6) is -0.960. The van der Waals surface area contributed by atoms with Crippen LogP contribution in [-0.2, 0) is 23.7 Å². The number of rotatable bonds is 9. The Hall–Kier alpha value is -1.34. The van der Waals surface area contributed by atoms with Crippen LogP contribution in [0.1, 0.15) is 52.9 Å². The normalized spacial score (nSPS) is 18.2. The van der Waals surface area contributed by atoms with Gasteiger partial charge in [0.2, 0.25) is 0 Å². The van der Waals surface area contributed by atoms with Crippen molar-refractivity contribution in [2.45, 2.75) is 64.1 Å². The molecule has 7 heteroatoms. The monoisotopic (exact) mass is 346 g/mol. The second-order valence-corrected chi connectivity index (χ2v) is 7.26. The molecule has 1 atom stereocenters. The number of methoxy groups -OCH3 is 1. The first kappa shape index (κ1) is 20.7. The molecular weight excluding hydrogens is 316 g/mol. The van der Waals surface area contributed by atoms with Crippen molar-refractivity contribution in [2.75, 3.05) is 26.9 Å². The quantitative estimate of drug-likeness (QED) is 0.507. The first-order valence-corrected chi connectivity index (χ1v) is 8.39. The standard InChI is InChI=1S/C17H30O7/c1-16(2,3)23-14(18)13(12-22-10-9-21-4)11-17(24-15(19)20)7-5-6-8-17/h13H,5-12H2,1-4H3,(H,19,20)/t13-/m0/s1. The molecule has 1 fully saturated rings. The van der Waals surface area contributed by atoms with Gasteiger partial charge in [0.1, 0.15) is 11.2 Å². The zero-order valence-corrected chi connectivity index (χ0v) is 15.1. The molecule has 1 saturated carbocycles. The van der Waals surface area contributed by atoms with Gasteiger partial charge < -0.3 is 24.1 Å². The fraction of sp³-hybridized carbons (Fsp3) is 0.882. The van der Waals surface area contributed by atoms with Gasteiger partial charge in [-0.1, -0.05) is 0 Å². The van der Waals surface area contributed by atoms with Crippen LogP contribution in [0, 0.1) is 5.92 Å². The Morgan fingerprint density at radius 3 is 2.29 bits per heavy atom.